The number of hydrogen-bond acceptors (Lipinski definition) is 6. The van der Waals surface area contributed by atoms with Crippen molar-refractivity contribution in [3.8, 4) is 5.75 Å². The van der Waals surface area contributed by atoms with Crippen molar-refractivity contribution < 1.29 is 33.7 Å². The SMILES string of the molecule is C=CC(C)/C=C\C1c2ccccc2C(C)C(C(=O)Oc2c(C)cc(C)cc2C(=O)O)C1C(=O)OC1C2CC3C(=C)OC1C3C2. The molecule has 6 rings (SSSR count). The van der Waals surface area contributed by atoms with Gasteiger partial charge >= 0.3 is 17.9 Å². The zero-order valence-corrected chi connectivity index (χ0v) is 25.7. The highest BCUT2D eigenvalue weighted by Crippen LogP contribution is 2.59. The lowest BCUT2D eigenvalue weighted by Crippen LogP contribution is -2.46. The Labute approximate surface area is 258 Å². The number of fused-ring (bicyclic) bond motifs is 2. The molecule has 1 heterocycles. The van der Waals surface area contributed by atoms with E-state index in [0.29, 0.717) is 17.4 Å². The van der Waals surface area contributed by atoms with E-state index in [1.807, 2.05) is 56.3 Å². The highest BCUT2D eigenvalue weighted by Gasteiger charge is 2.62. The zero-order chi connectivity index (χ0) is 31.4. The molecule has 7 nitrogen and oxygen atoms in total. The minimum absolute atomic E-state index is 0.00402. The standard InChI is InChI=1S/C37H40O7/c1-7-18(2)12-13-26-25-11-9-8-10-24(25)21(5)30(36(40)43-32-20(4)14-19(3)15-29(32)35(38)39)31(26)37(41)44-33-23-16-27-22(6)42-34(33)28(27)17-23/h7-15,18,21,23,26-28,30-31,33-34H,1,6,16-17H2,2-5H3,(H,38,39)/b13-12-. The number of esters is 2. The van der Waals surface area contributed by atoms with Crippen molar-refractivity contribution in [2.45, 2.75) is 64.6 Å². The van der Waals surface area contributed by atoms with Crippen LogP contribution in [-0.4, -0.2) is 35.2 Å². The quantitative estimate of drug-likeness (QED) is 0.201. The summed E-state index contributed by atoms with van der Waals surface area (Å²) in [5.41, 5.74) is 3.08. The second-order valence-electron chi connectivity index (χ2n) is 13.1. The lowest BCUT2D eigenvalue weighted by molar-refractivity contribution is -0.169. The molecule has 0 amide bonds. The number of carboxylic acid groups (broad SMARTS) is 1. The van der Waals surface area contributed by atoms with Crippen LogP contribution in [0.1, 0.15) is 71.1 Å². The van der Waals surface area contributed by atoms with Gasteiger partial charge in [-0.2, -0.15) is 0 Å². The Morgan fingerprint density at radius 2 is 1.80 bits per heavy atom. The Morgan fingerprint density at radius 3 is 2.50 bits per heavy atom. The van der Waals surface area contributed by atoms with Crippen molar-refractivity contribution in [2.75, 3.05) is 0 Å². The van der Waals surface area contributed by atoms with Crippen LogP contribution < -0.4 is 4.74 Å². The van der Waals surface area contributed by atoms with Gasteiger partial charge in [0.15, 0.2) is 0 Å². The Morgan fingerprint density at radius 1 is 1.07 bits per heavy atom. The van der Waals surface area contributed by atoms with Crippen molar-refractivity contribution in [1.82, 2.24) is 0 Å². The van der Waals surface area contributed by atoms with Crippen LogP contribution in [0.15, 0.2) is 73.5 Å². The minimum atomic E-state index is -1.19. The number of ether oxygens (including phenoxy) is 3. The van der Waals surface area contributed by atoms with Gasteiger partial charge in [0.2, 0.25) is 0 Å². The number of carboxylic acids is 1. The van der Waals surface area contributed by atoms with Crippen molar-refractivity contribution in [2.24, 2.45) is 35.5 Å². The number of allylic oxidation sites excluding steroid dienone is 4. The van der Waals surface area contributed by atoms with E-state index in [-0.39, 0.29) is 29.3 Å². The molecule has 230 valence electrons. The molecule has 3 fully saturated rings. The van der Waals surface area contributed by atoms with Gasteiger partial charge in [0.05, 0.1) is 17.6 Å². The molecule has 0 spiro atoms. The molecule has 2 aromatic carbocycles. The average molecular weight is 597 g/mol. The summed E-state index contributed by atoms with van der Waals surface area (Å²) in [4.78, 5) is 40.9. The monoisotopic (exact) mass is 596 g/mol. The van der Waals surface area contributed by atoms with Crippen LogP contribution in [0.4, 0.5) is 0 Å². The first kappa shape index (κ1) is 29.9. The Balaban J connectivity index is 1.41. The fourth-order valence-electron chi connectivity index (χ4n) is 8.23. The predicted molar refractivity (Wildman–Crippen MR) is 165 cm³/mol. The molecule has 0 aromatic heterocycles. The Hall–Kier alpha value is -4.13. The molecule has 3 aliphatic carbocycles. The third-order valence-corrected chi connectivity index (χ3v) is 10.4. The normalized spacial score (nSPS) is 32.2. The van der Waals surface area contributed by atoms with Gasteiger partial charge in [-0.25, -0.2) is 4.79 Å². The molecule has 1 N–H and O–H groups in total. The highest BCUT2D eigenvalue weighted by molar-refractivity contribution is 5.94. The molecular formula is C37H40O7. The number of aromatic carboxylic acids is 1. The molecule has 1 aliphatic heterocycles. The summed E-state index contributed by atoms with van der Waals surface area (Å²) in [7, 11) is 0. The maximum atomic E-state index is 14.5. The molecule has 2 bridgehead atoms. The van der Waals surface area contributed by atoms with Crippen LogP contribution in [0, 0.1) is 49.4 Å². The van der Waals surface area contributed by atoms with Crippen molar-refractivity contribution >= 4 is 17.9 Å². The maximum Gasteiger partial charge on any atom is 0.339 e. The highest BCUT2D eigenvalue weighted by atomic mass is 16.6. The van der Waals surface area contributed by atoms with E-state index >= 15 is 0 Å². The second kappa shape index (κ2) is 11.4. The van der Waals surface area contributed by atoms with Gasteiger partial charge in [-0.1, -0.05) is 69.0 Å². The van der Waals surface area contributed by atoms with Crippen LogP contribution in [0.3, 0.4) is 0 Å². The van der Waals surface area contributed by atoms with Crippen LogP contribution in [0.5, 0.6) is 5.75 Å². The van der Waals surface area contributed by atoms with Crippen molar-refractivity contribution in [3.63, 3.8) is 0 Å². The van der Waals surface area contributed by atoms with Crippen molar-refractivity contribution in [3.05, 3.63) is 101 Å². The van der Waals surface area contributed by atoms with Gasteiger partial charge < -0.3 is 19.3 Å². The first-order valence-electron chi connectivity index (χ1n) is 15.5. The third kappa shape index (κ3) is 4.96. The van der Waals surface area contributed by atoms with Crippen molar-refractivity contribution in [1.29, 1.82) is 0 Å². The van der Waals surface area contributed by atoms with E-state index in [4.69, 9.17) is 14.2 Å². The predicted octanol–water partition coefficient (Wildman–Crippen LogP) is 6.90. The van der Waals surface area contributed by atoms with Gasteiger partial charge in [-0.3, -0.25) is 9.59 Å². The first-order chi connectivity index (χ1) is 21.0. The average Bonchev–Trinajstić information content (AvgIpc) is 3.62. The van der Waals surface area contributed by atoms with Crippen LogP contribution in [0.25, 0.3) is 0 Å². The Kier molecular flexibility index (Phi) is 7.76. The molecule has 10 atom stereocenters. The van der Waals surface area contributed by atoms with E-state index in [1.54, 1.807) is 19.9 Å². The Bertz CT molecular complexity index is 1570. The summed E-state index contributed by atoms with van der Waals surface area (Å²) in [6.45, 7) is 15.4. The van der Waals surface area contributed by atoms with Crippen LogP contribution in [0.2, 0.25) is 0 Å². The van der Waals surface area contributed by atoms with Gasteiger partial charge in [0.25, 0.3) is 0 Å². The lowest BCUT2D eigenvalue weighted by Gasteiger charge is -2.40. The van der Waals surface area contributed by atoms with Gasteiger partial charge in [0, 0.05) is 23.7 Å². The number of rotatable bonds is 8. The number of hydrogen-bond donors (Lipinski definition) is 1. The third-order valence-electron chi connectivity index (χ3n) is 10.4. The van der Waals surface area contributed by atoms with E-state index in [9.17, 15) is 19.5 Å². The lowest BCUT2D eigenvalue weighted by atomic mass is 9.64. The summed E-state index contributed by atoms with van der Waals surface area (Å²) in [5.74, 6) is -3.38. The molecule has 1 saturated heterocycles. The molecule has 44 heavy (non-hydrogen) atoms. The smallest absolute Gasteiger partial charge is 0.339 e. The number of carbonyl (C=O) groups excluding carboxylic acids is 2. The summed E-state index contributed by atoms with van der Waals surface area (Å²) in [6, 6.07) is 11.1. The van der Waals surface area contributed by atoms with Gasteiger partial charge in [-0.05, 0) is 66.8 Å². The summed E-state index contributed by atoms with van der Waals surface area (Å²) < 4.78 is 18.4. The second-order valence-corrected chi connectivity index (χ2v) is 13.1. The summed E-state index contributed by atoms with van der Waals surface area (Å²) in [6.07, 6.45) is 7.00. The van der Waals surface area contributed by atoms with Gasteiger partial charge in [0.1, 0.15) is 23.5 Å². The molecule has 7 heteroatoms. The summed E-state index contributed by atoms with van der Waals surface area (Å²) in [5, 5.41) is 9.93. The van der Waals surface area contributed by atoms with E-state index in [2.05, 4.69) is 13.2 Å². The van der Waals surface area contributed by atoms with E-state index < -0.39 is 47.7 Å². The number of carbonyl (C=O) groups is 3. The maximum absolute atomic E-state index is 14.5. The number of aryl methyl sites for hydroxylation is 2. The van der Waals surface area contributed by atoms with E-state index in [1.165, 1.54) is 6.07 Å². The first-order valence-corrected chi connectivity index (χ1v) is 15.5. The van der Waals surface area contributed by atoms with Crippen LogP contribution >= 0.6 is 0 Å². The minimum Gasteiger partial charge on any atom is -0.491 e. The molecule has 10 unspecified atom stereocenters. The topological polar surface area (TPSA) is 99.1 Å². The number of benzene rings is 2. The largest absolute Gasteiger partial charge is 0.491 e. The van der Waals surface area contributed by atoms with Gasteiger partial charge in [-0.15, -0.1) is 6.58 Å². The van der Waals surface area contributed by atoms with Crippen LogP contribution in [-0.2, 0) is 19.1 Å². The summed E-state index contributed by atoms with van der Waals surface area (Å²) >= 11 is 0. The van der Waals surface area contributed by atoms with E-state index in [0.717, 1.165) is 35.3 Å². The zero-order valence-electron chi connectivity index (χ0n) is 25.7. The molecule has 0 radical (unpaired) electrons. The molecule has 4 aliphatic rings. The molecular weight excluding hydrogens is 556 g/mol. The fourth-order valence-corrected chi connectivity index (χ4v) is 8.23. The fraction of sp³-hybridized carbons (Fsp3) is 0.432. The molecule has 2 aromatic rings. The molecule has 2 saturated carbocycles.